The number of aryl methyl sites for hydroxylation is 1. The molecule has 0 saturated carbocycles. The van der Waals surface area contributed by atoms with Gasteiger partial charge in [-0.05, 0) is 13.3 Å². The fourth-order valence-corrected chi connectivity index (χ4v) is 5.81. The molecular formula is C20H19Cl2FN6O5S2. The van der Waals surface area contributed by atoms with Gasteiger partial charge in [0.25, 0.3) is 5.91 Å². The van der Waals surface area contributed by atoms with Gasteiger partial charge in [-0.3, -0.25) is 4.79 Å². The molecule has 1 amide bonds. The number of nitrogens with one attached hydrogen (secondary N) is 3. The van der Waals surface area contributed by atoms with E-state index in [4.69, 9.17) is 23.2 Å². The Morgan fingerprint density at radius 3 is 2.31 bits per heavy atom. The number of piperidine rings is 1. The Morgan fingerprint density at radius 1 is 1.11 bits per heavy atom. The summed E-state index contributed by atoms with van der Waals surface area (Å²) in [5, 5.41) is 25.4. The number of anilines is 2. The number of H-pyrrole nitrogens is 1. The van der Waals surface area contributed by atoms with Crippen molar-refractivity contribution in [3.05, 3.63) is 31.2 Å². The van der Waals surface area contributed by atoms with Crippen molar-refractivity contribution < 1.29 is 29.0 Å². The molecule has 0 unspecified atom stereocenters. The number of hydrogen-bond donors (Lipinski definition) is 5. The first kappa shape index (κ1) is 26.1. The average molecular weight is 577 g/mol. The van der Waals surface area contributed by atoms with Crippen molar-refractivity contribution in [2.75, 3.05) is 30.4 Å². The molecule has 4 rings (SSSR count). The highest BCUT2D eigenvalue weighted by molar-refractivity contribution is 7.18. The Morgan fingerprint density at radius 2 is 1.75 bits per heavy atom. The zero-order valence-electron chi connectivity index (χ0n) is 18.7. The number of halogens is 3. The maximum Gasteiger partial charge on any atom is 0.348 e. The van der Waals surface area contributed by atoms with Gasteiger partial charge in [0, 0.05) is 19.3 Å². The third-order valence-electron chi connectivity index (χ3n) is 5.48. The van der Waals surface area contributed by atoms with Gasteiger partial charge in [0.2, 0.25) is 0 Å². The lowest BCUT2D eigenvalue weighted by Gasteiger charge is -2.34. The number of nitrogens with zero attached hydrogens (tertiary/aromatic N) is 3. The molecule has 0 aliphatic carbocycles. The molecular weight excluding hydrogens is 558 g/mol. The quantitative estimate of drug-likeness (QED) is 0.280. The summed E-state index contributed by atoms with van der Waals surface area (Å²) >= 11 is 13.7. The highest BCUT2D eigenvalue weighted by atomic mass is 35.5. The molecule has 0 radical (unpaired) electrons. The zero-order valence-corrected chi connectivity index (χ0v) is 21.8. The number of carboxylic acids is 2. The van der Waals surface area contributed by atoms with E-state index in [-0.39, 0.29) is 66.7 Å². The SMILES string of the molecule is CNc1nc(-c2nc(N3CC[C@@H](NC(=O)c4[nH]c(C)c(Cl)c4Cl)[C@@H](F)C3)sc2C(=O)O)c(C(=O)O)s1. The van der Waals surface area contributed by atoms with Crippen LogP contribution >= 0.6 is 45.9 Å². The minimum Gasteiger partial charge on any atom is -0.477 e. The first-order valence-corrected chi connectivity index (χ1v) is 12.8. The molecule has 192 valence electrons. The number of alkyl halides is 1. The van der Waals surface area contributed by atoms with Gasteiger partial charge in [0.1, 0.15) is 33.0 Å². The summed E-state index contributed by atoms with van der Waals surface area (Å²) < 4.78 is 15.1. The van der Waals surface area contributed by atoms with Crippen LogP contribution in [0.3, 0.4) is 0 Å². The summed E-state index contributed by atoms with van der Waals surface area (Å²) in [6.07, 6.45) is -1.30. The Labute approximate surface area is 221 Å². The zero-order chi connectivity index (χ0) is 26.3. The highest BCUT2D eigenvalue weighted by Gasteiger charge is 2.35. The molecule has 3 aromatic rings. The third kappa shape index (κ3) is 4.85. The lowest BCUT2D eigenvalue weighted by Crippen LogP contribution is -2.52. The highest BCUT2D eigenvalue weighted by Crippen LogP contribution is 2.38. The molecule has 0 bridgehead atoms. The molecule has 1 fully saturated rings. The molecule has 1 saturated heterocycles. The minimum absolute atomic E-state index is 0.0443. The second-order valence-electron chi connectivity index (χ2n) is 7.81. The van der Waals surface area contributed by atoms with Crippen molar-refractivity contribution in [1.82, 2.24) is 20.3 Å². The predicted octanol–water partition coefficient (Wildman–Crippen LogP) is 3.99. The topological polar surface area (TPSA) is 161 Å². The molecule has 1 aliphatic heterocycles. The standard InChI is InChI=1S/C20H19Cl2FN6O5S2/c1-6-9(21)10(22)11(25-6)16(30)26-8-3-4-29(5-7(8)23)20-28-13(15(36-20)18(33)34)12-14(17(31)32)35-19(24-2)27-12/h7-8,25H,3-5H2,1-2H3,(H,24,27)(H,26,30)(H,31,32)(H,33,34)/t7-,8+/m0/s1. The van der Waals surface area contributed by atoms with Crippen molar-refractivity contribution in [2.24, 2.45) is 0 Å². The fraction of sp³-hybridized carbons (Fsp3) is 0.350. The molecule has 4 heterocycles. The van der Waals surface area contributed by atoms with E-state index in [0.717, 1.165) is 22.7 Å². The van der Waals surface area contributed by atoms with Crippen molar-refractivity contribution >= 4 is 74.0 Å². The van der Waals surface area contributed by atoms with Crippen LogP contribution in [0.25, 0.3) is 11.4 Å². The molecule has 0 aromatic carbocycles. The van der Waals surface area contributed by atoms with Gasteiger partial charge in [0.15, 0.2) is 10.3 Å². The fourth-order valence-electron chi connectivity index (χ4n) is 3.69. The Balaban J connectivity index is 1.54. The van der Waals surface area contributed by atoms with Crippen LogP contribution in [0.15, 0.2) is 0 Å². The number of carbonyl (C=O) groups excluding carboxylic acids is 1. The van der Waals surface area contributed by atoms with Crippen LogP contribution in [0.1, 0.15) is 41.9 Å². The Kier molecular flexibility index (Phi) is 7.41. The number of hydrogen-bond acceptors (Lipinski definition) is 9. The predicted molar refractivity (Wildman–Crippen MR) is 135 cm³/mol. The molecule has 3 aromatic heterocycles. The van der Waals surface area contributed by atoms with Gasteiger partial charge in [-0.25, -0.2) is 23.9 Å². The molecule has 0 spiro atoms. The maximum atomic E-state index is 15.1. The number of aromatic nitrogens is 3. The van der Waals surface area contributed by atoms with E-state index in [9.17, 15) is 24.6 Å². The van der Waals surface area contributed by atoms with Gasteiger partial charge in [-0.2, -0.15) is 0 Å². The summed E-state index contributed by atoms with van der Waals surface area (Å²) in [6, 6.07) is -0.819. The van der Waals surface area contributed by atoms with E-state index in [1.165, 1.54) is 0 Å². The molecule has 2 atom stereocenters. The molecule has 11 nitrogen and oxygen atoms in total. The summed E-state index contributed by atoms with van der Waals surface area (Å²) in [5.41, 5.74) is 0.382. The van der Waals surface area contributed by atoms with E-state index in [1.807, 2.05) is 0 Å². The Hall–Kier alpha value is -2.94. The number of carboxylic acid groups (broad SMARTS) is 2. The number of aromatic carboxylic acids is 2. The lowest BCUT2D eigenvalue weighted by molar-refractivity contribution is 0.0689. The monoisotopic (exact) mass is 576 g/mol. The van der Waals surface area contributed by atoms with Crippen LogP contribution in [0.2, 0.25) is 10.0 Å². The number of amides is 1. The summed E-state index contributed by atoms with van der Waals surface area (Å²) in [5.74, 6) is -3.17. The van der Waals surface area contributed by atoms with Crippen LogP contribution in [-0.2, 0) is 0 Å². The smallest absolute Gasteiger partial charge is 0.348 e. The normalized spacial score (nSPS) is 17.8. The van der Waals surface area contributed by atoms with Crippen molar-refractivity contribution in [1.29, 1.82) is 0 Å². The molecule has 16 heteroatoms. The van der Waals surface area contributed by atoms with Gasteiger partial charge in [-0.15, -0.1) is 0 Å². The van der Waals surface area contributed by atoms with E-state index in [0.29, 0.717) is 5.69 Å². The number of rotatable bonds is 7. The average Bonchev–Trinajstić information content (AvgIpc) is 3.53. The summed E-state index contributed by atoms with van der Waals surface area (Å²) in [6.45, 7) is 1.75. The largest absolute Gasteiger partial charge is 0.477 e. The van der Waals surface area contributed by atoms with Crippen molar-refractivity contribution in [3.63, 3.8) is 0 Å². The van der Waals surface area contributed by atoms with Gasteiger partial charge < -0.3 is 30.7 Å². The van der Waals surface area contributed by atoms with Gasteiger partial charge in [-0.1, -0.05) is 45.9 Å². The molecule has 5 N–H and O–H groups in total. The minimum atomic E-state index is -1.50. The molecule has 1 aliphatic rings. The Bertz CT molecular complexity index is 1360. The van der Waals surface area contributed by atoms with Crippen LogP contribution in [0, 0.1) is 6.92 Å². The number of aromatic amines is 1. The van der Waals surface area contributed by atoms with Crippen molar-refractivity contribution in [3.8, 4) is 11.4 Å². The third-order valence-corrected chi connectivity index (χ3v) is 8.59. The number of thiazole rings is 2. The summed E-state index contributed by atoms with van der Waals surface area (Å²) in [7, 11) is 1.56. The van der Waals surface area contributed by atoms with Crippen LogP contribution in [0.4, 0.5) is 14.7 Å². The van der Waals surface area contributed by atoms with E-state index >= 15 is 4.39 Å². The first-order valence-electron chi connectivity index (χ1n) is 10.4. The van der Waals surface area contributed by atoms with E-state index in [2.05, 4.69) is 25.6 Å². The van der Waals surface area contributed by atoms with Gasteiger partial charge >= 0.3 is 11.9 Å². The summed E-state index contributed by atoms with van der Waals surface area (Å²) in [4.78, 5) is 48.6. The molecule has 36 heavy (non-hydrogen) atoms. The van der Waals surface area contributed by atoms with E-state index in [1.54, 1.807) is 18.9 Å². The second kappa shape index (κ2) is 10.2. The van der Waals surface area contributed by atoms with Crippen LogP contribution in [0.5, 0.6) is 0 Å². The van der Waals surface area contributed by atoms with E-state index < -0.39 is 30.1 Å². The maximum absolute atomic E-state index is 15.1. The van der Waals surface area contributed by atoms with Crippen LogP contribution < -0.4 is 15.5 Å². The number of carbonyl (C=O) groups is 3. The van der Waals surface area contributed by atoms with Crippen molar-refractivity contribution in [2.45, 2.75) is 25.6 Å². The second-order valence-corrected chi connectivity index (χ2v) is 10.5. The first-order chi connectivity index (χ1) is 17.0. The van der Waals surface area contributed by atoms with Gasteiger partial charge in [0.05, 0.1) is 22.6 Å². The van der Waals surface area contributed by atoms with Crippen LogP contribution in [-0.4, -0.2) is 75.4 Å². The lowest BCUT2D eigenvalue weighted by atomic mass is 10.0.